The molecule has 1 rings (SSSR count). The van der Waals surface area contributed by atoms with Crippen LogP contribution in [0.25, 0.3) is 0 Å². The Hall–Kier alpha value is -1.70. The lowest BCUT2D eigenvalue weighted by atomic mass is 10.1. The van der Waals surface area contributed by atoms with Crippen molar-refractivity contribution in [1.82, 2.24) is 0 Å². The van der Waals surface area contributed by atoms with E-state index in [1.54, 1.807) is 19.3 Å². The van der Waals surface area contributed by atoms with Crippen LogP contribution in [0, 0.1) is 6.92 Å². The minimum absolute atomic E-state index is 0.727. The maximum Gasteiger partial charge on any atom is 0.154 e. The first-order chi connectivity index (χ1) is 6.77. The van der Waals surface area contributed by atoms with Crippen LogP contribution in [-0.4, -0.2) is 19.1 Å². The van der Waals surface area contributed by atoms with Gasteiger partial charge in [0.25, 0.3) is 0 Å². The zero-order valence-electron chi connectivity index (χ0n) is 8.57. The van der Waals surface area contributed by atoms with Gasteiger partial charge in [0.15, 0.2) is 5.84 Å². The van der Waals surface area contributed by atoms with Gasteiger partial charge in [-0.2, -0.15) is 0 Å². The molecule has 1 aromatic carbocycles. The third-order valence-corrected chi connectivity index (χ3v) is 1.82. The van der Waals surface area contributed by atoms with Crippen LogP contribution in [0.4, 0.5) is 0 Å². The third kappa shape index (κ3) is 2.66. The summed E-state index contributed by atoms with van der Waals surface area (Å²) in [5.74, 6) is 0.727. The molecular formula is C12H14N2. The van der Waals surface area contributed by atoms with Crippen molar-refractivity contribution in [2.45, 2.75) is 6.92 Å². The van der Waals surface area contributed by atoms with Crippen molar-refractivity contribution in [3.05, 3.63) is 48.0 Å². The second kappa shape index (κ2) is 5.12. The fourth-order valence-corrected chi connectivity index (χ4v) is 1.09. The van der Waals surface area contributed by atoms with E-state index in [-0.39, 0.29) is 0 Å². The quantitative estimate of drug-likeness (QED) is 0.501. The van der Waals surface area contributed by atoms with E-state index in [1.165, 1.54) is 5.56 Å². The molecule has 0 atom stereocenters. The molecule has 0 aliphatic carbocycles. The molecule has 0 saturated carbocycles. The maximum atomic E-state index is 4.17. The number of allylic oxidation sites excluding steroid dienone is 1. The van der Waals surface area contributed by atoms with Crippen LogP contribution < -0.4 is 0 Å². The van der Waals surface area contributed by atoms with Crippen molar-refractivity contribution in [3.63, 3.8) is 0 Å². The summed E-state index contributed by atoms with van der Waals surface area (Å²) in [6.07, 6.45) is 3.28. The Morgan fingerprint density at radius 3 is 2.43 bits per heavy atom. The molecule has 0 N–H and O–H groups in total. The number of benzene rings is 1. The molecule has 0 fully saturated rings. The van der Waals surface area contributed by atoms with Crippen LogP contribution in [-0.2, 0) is 0 Å². The zero-order valence-corrected chi connectivity index (χ0v) is 8.57. The molecule has 1 aromatic rings. The molecule has 0 bridgehead atoms. The van der Waals surface area contributed by atoms with Crippen molar-refractivity contribution in [2.75, 3.05) is 7.05 Å². The maximum absolute atomic E-state index is 4.17. The summed E-state index contributed by atoms with van der Waals surface area (Å²) in [5, 5.41) is 0. The molecule has 0 radical (unpaired) electrons. The lowest BCUT2D eigenvalue weighted by molar-refractivity contribution is 1.38. The Bertz CT molecular complexity index is 358. The lowest BCUT2D eigenvalue weighted by Crippen LogP contribution is -1.96. The predicted octanol–water partition coefficient (Wildman–Crippen LogP) is 2.63. The molecule has 0 aliphatic rings. The number of hydrogen-bond acceptors (Lipinski definition) is 1. The number of nitrogens with zero attached hydrogens (tertiary/aromatic N) is 2. The SMILES string of the molecule is C=CC=NC(=NC)c1ccc(C)cc1. The fourth-order valence-electron chi connectivity index (χ4n) is 1.09. The van der Waals surface area contributed by atoms with Gasteiger partial charge in [0.1, 0.15) is 0 Å². The smallest absolute Gasteiger partial charge is 0.154 e. The standard InChI is InChI=1S/C12H14N2/c1-4-9-14-12(13-3)11-7-5-10(2)6-8-11/h4-9H,1H2,2-3H3. The van der Waals surface area contributed by atoms with E-state index < -0.39 is 0 Å². The number of aryl methyl sites for hydroxylation is 1. The van der Waals surface area contributed by atoms with E-state index in [4.69, 9.17) is 0 Å². The second-order valence-electron chi connectivity index (χ2n) is 2.93. The molecule has 0 unspecified atom stereocenters. The summed E-state index contributed by atoms with van der Waals surface area (Å²) in [5.41, 5.74) is 2.26. The van der Waals surface area contributed by atoms with Gasteiger partial charge in [-0.15, -0.1) is 0 Å². The number of aliphatic imine (C=N–C) groups is 2. The Morgan fingerprint density at radius 1 is 1.29 bits per heavy atom. The van der Waals surface area contributed by atoms with Crippen LogP contribution in [0.3, 0.4) is 0 Å². The van der Waals surface area contributed by atoms with Crippen LogP contribution >= 0.6 is 0 Å². The van der Waals surface area contributed by atoms with Crippen LogP contribution in [0.15, 0.2) is 46.9 Å². The minimum atomic E-state index is 0.727. The molecule has 0 amide bonds. The molecule has 2 nitrogen and oxygen atoms in total. The van der Waals surface area contributed by atoms with E-state index in [1.807, 2.05) is 24.3 Å². The van der Waals surface area contributed by atoms with Gasteiger partial charge in [0.2, 0.25) is 0 Å². The summed E-state index contributed by atoms with van der Waals surface area (Å²) >= 11 is 0. The monoisotopic (exact) mass is 186 g/mol. The summed E-state index contributed by atoms with van der Waals surface area (Å²) in [6, 6.07) is 8.12. The second-order valence-corrected chi connectivity index (χ2v) is 2.93. The average Bonchev–Trinajstić information content (AvgIpc) is 2.21. The first-order valence-corrected chi connectivity index (χ1v) is 4.47. The Morgan fingerprint density at radius 2 is 1.93 bits per heavy atom. The van der Waals surface area contributed by atoms with Crippen LogP contribution in [0.1, 0.15) is 11.1 Å². The first-order valence-electron chi connectivity index (χ1n) is 4.47. The normalized spacial score (nSPS) is 12.0. The molecule has 2 heteroatoms. The number of hydrogen-bond donors (Lipinski definition) is 0. The highest BCUT2D eigenvalue weighted by atomic mass is 14.9. The largest absolute Gasteiger partial charge is 0.270 e. The predicted molar refractivity (Wildman–Crippen MR) is 62.3 cm³/mol. The lowest BCUT2D eigenvalue weighted by Gasteiger charge is -1.99. The van der Waals surface area contributed by atoms with E-state index in [0.717, 1.165) is 11.4 Å². The highest BCUT2D eigenvalue weighted by Gasteiger charge is 1.97. The molecular weight excluding hydrogens is 172 g/mol. The van der Waals surface area contributed by atoms with Gasteiger partial charge in [0.05, 0.1) is 0 Å². The topological polar surface area (TPSA) is 24.7 Å². The first kappa shape index (κ1) is 10.4. The van der Waals surface area contributed by atoms with E-state index >= 15 is 0 Å². The molecule has 72 valence electrons. The van der Waals surface area contributed by atoms with Gasteiger partial charge in [0, 0.05) is 18.8 Å². The number of rotatable bonds is 2. The van der Waals surface area contributed by atoms with Crippen LogP contribution in [0.5, 0.6) is 0 Å². The van der Waals surface area contributed by atoms with Gasteiger partial charge >= 0.3 is 0 Å². The molecule has 0 aromatic heterocycles. The minimum Gasteiger partial charge on any atom is -0.270 e. The van der Waals surface area contributed by atoms with Crippen molar-refractivity contribution in [3.8, 4) is 0 Å². The molecule has 0 aliphatic heterocycles. The highest BCUT2D eigenvalue weighted by molar-refractivity contribution is 6.04. The van der Waals surface area contributed by atoms with Gasteiger partial charge in [-0.3, -0.25) is 4.99 Å². The van der Waals surface area contributed by atoms with E-state index in [9.17, 15) is 0 Å². The fraction of sp³-hybridized carbons (Fsp3) is 0.167. The average molecular weight is 186 g/mol. The molecule has 0 heterocycles. The molecule has 0 spiro atoms. The van der Waals surface area contributed by atoms with Gasteiger partial charge in [-0.1, -0.05) is 42.5 Å². The van der Waals surface area contributed by atoms with Gasteiger partial charge in [-0.25, -0.2) is 4.99 Å². The van der Waals surface area contributed by atoms with Crippen molar-refractivity contribution >= 4 is 12.1 Å². The Balaban J connectivity index is 2.96. The third-order valence-electron chi connectivity index (χ3n) is 1.82. The number of amidine groups is 1. The zero-order chi connectivity index (χ0) is 10.4. The summed E-state index contributed by atoms with van der Waals surface area (Å²) in [4.78, 5) is 8.26. The van der Waals surface area contributed by atoms with Crippen molar-refractivity contribution in [1.29, 1.82) is 0 Å². The van der Waals surface area contributed by atoms with Crippen LogP contribution in [0.2, 0.25) is 0 Å². The summed E-state index contributed by atoms with van der Waals surface area (Å²) < 4.78 is 0. The molecule has 14 heavy (non-hydrogen) atoms. The van der Waals surface area contributed by atoms with E-state index in [0.29, 0.717) is 0 Å². The molecule has 0 saturated heterocycles. The van der Waals surface area contributed by atoms with E-state index in [2.05, 4.69) is 23.5 Å². The summed E-state index contributed by atoms with van der Waals surface area (Å²) in [7, 11) is 1.73. The summed E-state index contributed by atoms with van der Waals surface area (Å²) in [6.45, 7) is 5.63. The Kier molecular flexibility index (Phi) is 3.80. The van der Waals surface area contributed by atoms with Crippen molar-refractivity contribution < 1.29 is 0 Å². The van der Waals surface area contributed by atoms with Crippen molar-refractivity contribution in [2.24, 2.45) is 9.98 Å². The van der Waals surface area contributed by atoms with Gasteiger partial charge < -0.3 is 0 Å². The van der Waals surface area contributed by atoms with Gasteiger partial charge in [-0.05, 0) is 6.92 Å². The highest BCUT2D eigenvalue weighted by Crippen LogP contribution is 2.05. The Labute approximate surface area is 84.7 Å².